The summed E-state index contributed by atoms with van der Waals surface area (Å²) < 4.78 is 56.9. The molecule has 6 saturated carbocycles. The number of hydrogen-bond acceptors (Lipinski definition) is 8. The van der Waals surface area contributed by atoms with Crippen LogP contribution in [0.25, 0.3) is 0 Å². The van der Waals surface area contributed by atoms with Crippen molar-refractivity contribution in [1.29, 1.82) is 0 Å². The second-order valence-corrected chi connectivity index (χ2v) is 35.2. The molecule has 14 heteroatoms. The lowest BCUT2D eigenvalue weighted by atomic mass is 9.47. The van der Waals surface area contributed by atoms with Gasteiger partial charge in [0, 0.05) is 20.5 Å². The van der Waals surface area contributed by atoms with E-state index in [0.717, 1.165) is 39.9 Å². The van der Waals surface area contributed by atoms with Crippen LogP contribution in [-0.4, -0.2) is 76.4 Å². The van der Waals surface area contributed by atoms with Gasteiger partial charge in [-0.2, -0.15) is 0 Å². The molecule has 6 aliphatic carbocycles. The van der Waals surface area contributed by atoms with E-state index >= 15 is 8.78 Å². The summed E-state index contributed by atoms with van der Waals surface area (Å²) in [5, 5.41) is 5.98. The molecule has 390 valence electrons. The Morgan fingerprint density at radius 1 is 0.575 bits per heavy atom. The van der Waals surface area contributed by atoms with Gasteiger partial charge in [-0.3, -0.25) is 4.79 Å². The maximum Gasteiger partial charge on any atom is 0.408 e. The van der Waals surface area contributed by atoms with E-state index in [-0.39, 0.29) is 50.2 Å². The number of alkyl halides is 2. The van der Waals surface area contributed by atoms with Crippen LogP contribution in [0.1, 0.15) is 104 Å². The summed E-state index contributed by atoms with van der Waals surface area (Å²) in [4.78, 5) is 55.4. The molecule has 0 aliphatic heterocycles. The summed E-state index contributed by atoms with van der Waals surface area (Å²) in [6, 6.07) is 38.8. The van der Waals surface area contributed by atoms with Crippen LogP contribution in [0.5, 0.6) is 0 Å². The number of carbonyl (C=O) groups is 4. The maximum atomic E-state index is 16.5. The first-order valence-electron chi connectivity index (χ1n) is 26.7. The molecule has 6 bridgehead atoms. The van der Waals surface area contributed by atoms with Crippen LogP contribution < -0.4 is 10.6 Å². The van der Waals surface area contributed by atoms with Gasteiger partial charge in [0.2, 0.25) is 0 Å². The molecule has 10 nitrogen and oxygen atoms in total. The van der Waals surface area contributed by atoms with Crippen LogP contribution in [0.2, 0.25) is 44.8 Å². The standard InChI is InChI=1S/C59H74F2N2O8Si2/c1-72(2,3)27-25-68-55(66)62-50-32-41-29-47(35-57(60,33-41)38-50)53(64)70-51(43-15-9-6-10-16-43)46-23-21-40(22-24-46)39-73(4,5)28-26-69-56(67)63-59(48-30-42-31-49(59)37-58(61,34-42)36-48)54(65)71-52(44-17-11-7-12-18-44)45-19-13-8-14-20-45/h6-24,41-42,47-52H,25-39H2,1-5H3,(H,62,66)(H,63,67)/t41-,42?,47-,48-,49+,50+,51?,57-,58?,59?/m1/s1. The zero-order valence-corrected chi connectivity index (χ0v) is 45.2. The third kappa shape index (κ3) is 12.6. The highest BCUT2D eigenvalue weighted by Crippen LogP contribution is 2.62. The lowest BCUT2D eigenvalue weighted by molar-refractivity contribution is -0.184. The second kappa shape index (κ2) is 21.5. The Kier molecular flexibility index (Phi) is 15.5. The lowest BCUT2D eigenvalue weighted by Gasteiger charge is -2.61. The van der Waals surface area contributed by atoms with E-state index in [1.807, 2.05) is 103 Å². The van der Waals surface area contributed by atoms with Gasteiger partial charge in [-0.1, -0.05) is 154 Å². The van der Waals surface area contributed by atoms with E-state index in [2.05, 4.69) is 55.5 Å². The summed E-state index contributed by atoms with van der Waals surface area (Å²) >= 11 is 0. The average Bonchev–Trinajstić information content (AvgIpc) is 3.33. The Morgan fingerprint density at radius 3 is 1.60 bits per heavy atom. The van der Waals surface area contributed by atoms with Gasteiger partial charge in [0.25, 0.3) is 0 Å². The number of rotatable bonds is 18. The third-order valence-corrected chi connectivity index (χ3v) is 21.3. The number of halogens is 2. The molecule has 0 spiro atoms. The Balaban J connectivity index is 0.813. The van der Waals surface area contributed by atoms with Gasteiger partial charge in [0.1, 0.15) is 16.9 Å². The van der Waals surface area contributed by atoms with Gasteiger partial charge in [0.05, 0.1) is 27.2 Å². The van der Waals surface area contributed by atoms with Gasteiger partial charge >= 0.3 is 24.1 Å². The van der Waals surface area contributed by atoms with E-state index in [1.165, 1.54) is 0 Å². The number of fused-ring (bicyclic) bond motifs is 2. The van der Waals surface area contributed by atoms with Crippen molar-refractivity contribution in [2.45, 2.75) is 150 Å². The van der Waals surface area contributed by atoms with Crippen molar-refractivity contribution >= 4 is 40.3 Å². The predicted molar refractivity (Wildman–Crippen MR) is 283 cm³/mol. The Morgan fingerprint density at radius 2 is 1.07 bits per heavy atom. The number of carbonyl (C=O) groups excluding carboxylic acids is 4. The van der Waals surface area contributed by atoms with Crippen molar-refractivity contribution in [2.75, 3.05) is 13.2 Å². The molecular formula is C59H74F2N2O8Si2. The second-order valence-electron chi connectivity index (χ2n) is 24.4. The smallest absolute Gasteiger partial charge is 0.408 e. The van der Waals surface area contributed by atoms with Crippen molar-refractivity contribution in [1.82, 2.24) is 10.6 Å². The molecule has 4 aromatic carbocycles. The molecule has 2 amide bonds. The quantitative estimate of drug-likeness (QED) is 0.0573. The molecule has 73 heavy (non-hydrogen) atoms. The Bertz CT molecular complexity index is 2510. The Hall–Kier alpha value is -5.35. The van der Waals surface area contributed by atoms with Crippen molar-refractivity contribution in [3.8, 4) is 0 Å². The fraction of sp³-hybridized carbons (Fsp3) is 0.525. The summed E-state index contributed by atoms with van der Waals surface area (Å²) in [5.74, 6) is -2.29. The SMILES string of the molecule is C[Si](C)(C)CCOC(=O)N[C@H]1C[C@H]2C[C@@H](C(=O)OC(c3ccccc3)c3ccc(C[Si](C)(C)CCOC(=O)NC4(C(=O)OC(c5ccccc5)c5ccccc5)[C@@H]5CC6C[C@H]4CC(F)(C6)C5)cc3)C[C@](F)(C2)C1. The van der Waals surface area contributed by atoms with E-state index < -0.39 is 87.1 Å². The maximum absolute atomic E-state index is 16.5. The van der Waals surface area contributed by atoms with Crippen LogP contribution >= 0.6 is 0 Å². The monoisotopic (exact) mass is 1030 g/mol. The van der Waals surface area contributed by atoms with Gasteiger partial charge in [0.15, 0.2) is 12.2 Å². The molecule has 4 aromatic rings. The number of benzene rings is 4. The van der Waals surface area contributed by atoms with Crippen molar-refractivity contribution in [3.63, 3.8) is 0 Å². The van der Waals surface area contributed by atoms with E-state index in [9.17, 15) is 19.2 Å². The summed E-state index contributed by atoms with van der Waals surface area (Å²) in [6.07, 6.45) is 1.25. The van der Waals surface area contributed by atoms with Crippen LogP contribution in [0.4, 0.5) is 18.4 Å². The van der Waals surface area contributed by atoms with Crippen LogP contribution in [0.3, 0.4) is 0 Å². The molecule has 0 heterocycles. The molecule has 2 N–H and O–H groups in total. The van der Waals surface area contributed by atoms with Crippen LogP contribution in [-0.2, 0) is 34.6 Å². The first-order valence-corrected chi connectivity index (χ1v) is 33.8. The molecule has 10 rings (SSSR count). The minimum absolute atomic E-state index is 0.0509. The zero-order chi connectivity index (χ0) is 51.6. The van der Waals surface area contributed by atoms with E-state index in [0.29, 0.717) is 51.2 Å². The van der Waals surface area contributed by atoms with Gasteiger partial charge in [-0.25, -0.2) is 23.2 Å². The number of hydrogen-bond donors (Lipinski definition) is 2. The molecule has 6 fully saturated rings. The van der Waals surface area contributed by atoms with E-state index in [4.69, 9.17) is 18.9 Å². The molecule has 0 aromatic heterocycles. The summed E-state index contributed by atoms with van der Waals surface area (Å²) in [7, 11) is -3.40. The van der Waals surface area contributed by atoms with Gasteiger partial charge < -0.3 is 29.6 Å². The molecule has 6 aliphatic rings. The number of ether oxygens (including phenoxy) is 4. The number of alkyl carbamates (subject to hydrolysis) is 2. The molecule has 10 atom stereocenters. The number of nitrogens with one attached hydrogen (secondary N) is 2. The largest absolute Gasteiger partial charge is 0.452 e. The Labute approximate surface area is 432 Å². The normalized spacial score (nSPS) is 28.7. The van der Waals surface area contributed by atoms with Crippen molar-refractivity contribution < 1.29 is 46.9 Å². The third-order valence-electron chi connectivity index (χ3n) is 16.6. The summed E-state index contributed by atoms with van der Waals surface area (Å²) in [6.45, 7) is 11.7. The van der Waals surface area contributed by atoms with Gasteiger partial charge in [-0.05, 0) is 122 Å². The number of amides is 2. The van der Waals surface area contributed by atoms with Crippen LogP contribution in [0, 0.1) is 29.6 Å². The molecule has 4 unspecified atom stereocenters. The average molecular weight is 1030 g/mol. The van der Waals surface area contributed by atoms with Crippen molar-refractivity contribution in [3.05, 3.63) is 143 Å². The minimum atomic E-state index is -2.04. The topological polar surface area (TPSA) is 129 Å². The highest BCUT2D eigenvalue weighted by Gasteiger charge is 2.67. The molecular weight excluding hydrogens is 959 g/mol. The fourth-order valence-corrected chi connectivity index (χ4v) is 16.3. The van der Waals surface area contributed by atoms with Crippen LogP contribution in [0.15, 0.2) is 115 Å². The number of esters is 2. The predicted octanol–water partition coefficient (Wildman–Crippen LogP) is 12.8. The van der Waals surface area contributed by atoms with E-state index in [1.54, 1.807) is 0 Å². The highest BCUT2D eigenvalue weighted by molar-refractivity contribution is 6.77. The molecule has 0 radical (unpaired) electrons. The zero-order valence-electron chi connectivity index (χ0n) is 43.2. The lowest BCUT2D eigenvalue weighted by Crippen LogP contribution is -2.72. The van der Waals surface area contributed by atoms with Crippen molar-refractivity contribution in [2.24, 2.45) is 29.6 Å². The first-order chi connectivity index (χ1) is 34.8. The fourth-order valence-electron chi connectivity index (χ4n) is 13.4. The van der Waals surface area contributed by atoms with Gasteiger partial charge in [-0.15, -0.1) is 0 Å². The molecule has 0 saturated heterocycles. The minimum Gasteiger partial charge on any atom is -0.452 e. The summed E-state index contributed by atoms with van der Waals surface area (Å²) in [5.41, 5.74) is -0.0147. The first kappa shape index (κ1) is 52.5. The highest BCUT2D eigenvalue weighted by atomic mass is 28.3.